The molecule has 1 aliphatic rings. The number of ether oxygens (including phenoxy) is 1. The zero-order valence-corrected chi connectivity index (χ0v) is 10.0. The van der Waals surface area contributed by atoms with Gasteiger partial charge in [0, 0.05) is 5.69 Å². The summed E-state index contributed by atoms with van der Waals surface area (Å²) >= 11 is 0. The minimum absolute atomic E-state index is 0.153. The van der Waals surface area contributed by atoms with E-state index in [0.717, 1.165) is 5.69 Å². The van der Waals surface area contributed by atoms with Gasteiger partial charge >= 0.3 is 0 Å². The Morgan fingerprint density at radius 2 is 1.94 bits per heavy atom. The average Bonchev–Trinajstić information content (AvgIpc) is 2.67. The van der Waals surface area contributed by atoms with Gasteiger partial charge in [0.25, 0.3) is 6.02 Å². The molecule has 0 saturated heterocycles. The molecule has 0 spiro atoms. The molecule has 0 bridgehead atoms. The minimum Gasteiger partial charge on any atom is -0.463 e. The van der Waals surface area contributed by atoms with Crippen LogP contribution in [0.4, 0.5) is 5.69 Å². The molecule has 1 aromatic carbocycles. The van der Waals surface area contributed by atoms with E-state index in [0.29, 0.717) is 12.6 Å². The normalized spacial score (nSPS) is 20.2. The molecule has 1 aromatic rings. The number of aliphatic imine (C=N–C) groups is 1. The number of hydrogen-bond acceptors (Lipinski definition) is 3. The van der Waals surface area contributed by atoms with Crippen LogP contribution in [0.5, 0.6) is 0 Å². The number of benzene rings is 1. The van der Waals surface area contributed by atoms with E-state index in [1.165, 1.54) is 0 Å². The minimum atomic E-state index is 0.153. The molecular formula is C13H18N2O. The van der Waals surface area contributed by atoms with Crippen molar-refractivity contribution >= 4 is 11.7 Å². The Balaban J connectivity index is 2.03. The smallest absolute Gasteiger partial charge is 0.289 e. The van der Waals surface area contributed by atoms with Crippen LogP contribution in [-0.2, 0) is 4.74 Å². The Morgan fingerprint density at radius 3 is 2.50 bits per heavy atom. The van der Waals surface area contributed by atoms with Crippen molar-refractivity contribution in [3.63, 3.8) is 0 Å². The Kier molecular flexibility index (Phi) is 2.86. The molecule has 0 unspecified atom stereocenters. The predicted molar refractivity (Wildman–Crippen MR) is 66.7 cm³/mol. The van der Waals surface area contributed by atoms with E-state index in [4.69, 9.17) is 4.74 Å². The van der Waals surface area contributed by atoms with E-state index in [-0.39, 0.29) is 11.5 Å². The second-order valence-corrected chi connectivity index (χ2v) is 5.12. The molecule has 1 atom stereocenters. The number of nitrogens with one attached hydrogen (secondary N) is 1. The fraction of sp³-hybridized carbons (Fsp3) is 0.462. The summed E-state index contributed by atoms with van der Waals surface area (Å²) in [7, 11) is 0. The van der Waals surface area contributed by atoms with Crippen molar-refractivity contribution in [2.24, 2.45) is 10.4 Å². The van der Waals surface area contributed by atoms with Gasteiger partial charge in [-0.3, -0.25) is 0 Å². The van der Waals surface area contributed by atoms with Crippen molar-refractivity contribution in [3.8, 4) is 0 Å². The summed E-state index contributed by atoms with van der Waals surface area (Å²) in [6, 6.07) is 10.8. The van der Waals surface area contributed by atoms with Gasteiger partial charge in [-0.15, -0.1) is 0 Å². The summed E-state index contributed by atoms with van der Waals surface area (Å²) in [5, 5.41) is 3.17. The Hall–Kier alpha value is -1.51. The van der Waals surface area contributed by atoms with Gasteiger partial charge in [0.2, 0.25) is 0 Å². The lowest BCUT2D eigenvalue weighted by atomic mass is 9.88. The number of hydrogen-bond donors (Lipinski definition) is 1. The molecule has 16 heavy (non-hydrogen) atoms. The van der Waals surface area contributed by atoms with Crippen molar-refractivity contribution in [2.75, 3.05) is 11.9 Å². The van der Waals surface area contributed by atoms with Crippen LogP contribution in [0.3, 0.4) is 0 Å². The van der Waals surface area contributed by atoms with E-state index >= 15 is 0 Å². The van der Waals surface area contributed by atoms with Crippen LogP contribution in [0.2, 0.25) is 0 Å². The lowest BCUT2D eigenvalue weighted by molar-refractivity contribution is 0.235. The number of para-hydroxylation sites is 1. The molecule has 0 radical (unpaired) electrons. The van der Waals surface area contributed by atoms with Crippen molar-refractivity contribution in [3.05, 3.63) is 30.3 Å². The molecule has 0 amide bonds. The summed E-state index contributed by atoms with van der Waals surface area (Å²) < 4.78 is 5.53. The zero-order chi connectivity index (χ0) is 11.6. The standard InChI is InChI=1S/C13H18N2O/c1-13(2,3)11-9-16-12(15-11)14-10-7-5-4-6-8-10/h4-8,11H,9H2,1-3H3,(H,14,15)/t11-/m1/s1. The first kappa shape index (κ1) is 11.0. The molecule has 3 nitrogen and oxygen atoms in total. The van der Waals surface area contributed by atoms with E-state index < -0.39 is 0 Å². The summed E-state index contributed by atoms with van der Waals surface area (Å²) in [5.74, 6) is 0. The lowest BCUT2D eigenvalue weighted by Crippen LogP contribution is -2.25. The first-order chi connectivity index (χ1) is 7.55. The average molecular weight is 218 g/mol. The highest BCUT2D eigenvalue weighted by atomic mass is 16.5. The summed E-state index contributed by atoms with van der Waals surface area (Å²) in [6.07, 6.45) is 0. The maximum absolute atomic E-state index is 5.53. The van der Waals surface area contributed by atoms with Crippen molar-refractivity contribution < 1.29 is 4.74 Å². The highest BCUT2D eigenvalue weighted by molar-refractivity contribution is 5.90. The van der Waals surface area contributed by atoms with Crippen LogP contribution in [0.1, 0.15) is 20.8 Å². The first-order valence-corrected chi connectivity index (χ1v) is 5.58. The summed E-state index contributed by atoms with van der Waals surface area (Å²) in [5.41, 5.74) is 1.16. The van der Waals surface area contributed by atoms with Crippen LogP contribution in [-0.4, -0.2) is 18.7 Å². The molecular weight excluding hydrogens is 200 g/mol. The topological polar surface area (TPSA) is 33.6 Å². The number of anilines is 1. The van der Waals surface area contributed by atoms with E-state index in [9.17, 15) is 0 Å². The van der Waals surface area contributed by atoms with Gasteiger partial charge < -0.3 is 10.1 Å². The molecule has 86 valence electrons. The van der Waals surface area contributed by atoms with Gasteiger partial charge in [-0.25, -0.2) is 4.99 Å². The number of rotatable bonds is 1. The summed E-state index contributed by atoms with van der Waals surface area (Å²) in [6.45, 7) is 7.20. The quantitative estimate of drug-likeness (QED) is 0.786. The molecule has 0 aliphatic carbocycles. The van der Waals surface area contributed by atoms with Crippen molar-refractivity contribution in [1.29, 1.82) is 0 Å². The van der Waals surface area contributed by atoms with E-state index in [2.05, 4.69) is 31.1 Å². The van der Waals surface area contributed by atoms with Crippen LogP contribution >= 0.6 is 0 Å². The van der Waals surface area contributed by atoms with Gasteiger partial charge in [0.1, 0.15) is 6.61 Å². The molecule has 1 aliphatic heterocycles. The maximum Gasteiger partial charge on any atom is 0.289 e. The van der Waals surface area contributed by atoms with Crippen molar-refractivity contribution in [2.45, 2.75) is 26.8 Å². The third kappa shape index (κ3) is 2.54. The number of nitrogens with zero attached hydrogens (tertiary/aromatic N) is 1. The molecule has 1 heterocycles. The Morgan fingerprint density at radius 1 is 1.25 bits per heavy atom. The highest BCUT2D eigenvalue weighted by Gasteiger charge is 2.30. The van der Waals surface area contributed by atoms with Gasteiger partial charge in [-0.1, -0.05) is 39.0 Å². The number of amidine groups is 1. The Bertz CT molecular complexity index is 379. The SMILES string of the molecule is CC(C)(C)[C@H]1COC(Nc2ccccc2)=N1. The molecule has 0 fully saturated rings. The maximum atomic E-state index is 5.53. The highest BCUT2D eigenvalue weighted by Crippen LogP contribution is 2.26. The monoisotopic (exact) mass is 218 g/mol. The first-order valence-electron chi connectivity index (χ1n) is 5.58. The van der Waals surface area contributed by atoms with Gasteiger partial charge in [-0.05, 0) is 17.5 Å². The van der Waals surface area contributed by atoms with Crippen LogP contribution in [0.15, 0.2) is 35.3 Å². The Labute approximate surface area is 96.5 Å². The second-order valence-electron chi connectivity index (χ2n) is 5.12. The molecule has 0 saturated carbocycles. The third-order valence-electron chi connectivity index (χ3n) is 2.68. The molecule has 1 N–H and O–H groups in total. The summed E-state index contributed by atoms with van der Waals surface area (Å²) in [4.78, 5) is 4.54. The zero-order valence-electron chi connectivity index (χ0n) is 10.0. The van der Waals surface area contributed by atoms with E-state index in [1.54, 1.807) is 0 Å². The second kappa shape index (κ2) is 4.16. The molecule has 2 rings (SSSR count). The predicted octanol–water partition coefficient (Wildman–Crippen LogP) is 2.90. The fourth-order valence-electron chi connectivity index (χ4n) is 1.53. The molecule has 0 aromatic heterocycles. The van der Waals surface area contributed by atoms with E-state index in [1.807, 2.05) is 30.3 Å². The third-order valence-corrected chi connectivity index (χ3v) is 2.68. The van der Waals surface area contributed by atoms with Crippen LogP contribution in [0.25, 0.3) is 0 Å². The lowest BCUT2D eigenvalue weighted by Gasteiger charge is -2.21. The van der Waals surface area contributed by atoms with Gasteiger partial charge in [-0.2, -0.15) is 0 Å². The van der Waals surface area contributed by atoms with Gasteiger partial charge in [0.15, 0.2) is 0 Å². The van der Waals surface area contributed by atoms with Gasteiger partial charge in [0.05, 0.1) is 6.04 Å². The van der Waals surface area contributed by atoms with Crippen molar-refractivity contribution in [1.82, 2.24) is 0 Å². The van der Waals surface area contributed by atoms with Crippen LogP contribution in [0, 0.1) is 5.41 Å². The fourth-order valence-corrected chi connectivity index (χ4v) is 1.53. The molecule has 3 heteroatoms. The largest absolute Gasteiger partial charge is 0.463 e. The van der Waals surface area contributed by atoms with Crippen LogP contribution < -0.4 is 5.32 Å².